The van der Waals surface area contributed by atoms with E-state index in [1.807, 2.05) is 32.0 Å². The van der Waals surface area contributed by atoms with Gasteiger partial charge < -0.3 is 14.8 Å². The zero-order valence-electron chi connectivity index (χ0n) is 15.1. The molecule has 0 aromatic heterocycles. The molecule has 1 N–H and O–H groups in total. The van der Waals surface area contributed by atoms with Crippen molar-refractivity contribution in [3.8, 4) is 5.75 Å². The molecule has 1 aliphatic heterocycles. The molecule has 0 saturated carbocycles. The summed E-state index contributed by atoms with van der Waals surface area (Å²) in [6.45, 7) is 12.4. The largest absolute Gasteiger partial charge is 0.484 e. The molecule has 1 saturated heterocycles. The quantitative estimate of drug-likeness (QED) is 0.901. The predicted molar refractivity (Wildman–Crippen MR) is 91.8 cm³/mol. The van der Waals surface area contributed by atoms with Gasteiger partial charge in [0.1, 0.15) is 5.75 Å². The fraction of sp³-hybridized carbons (Fsp3) is 0.632. The van der Waals surface area contributed by atoms with Gasteiger partial charge in [-0.05, 0) is 57.7 Å². The molecular weight excluding hydrogens is 290 g/mol. The number of hydrogen-bond acceptors (Lipinski definition) is 3. The molecule has 1 amide bonds. The summed E-state index contributed by atoms with van der Waals surface area (Å²) in [4.78, 5) is 12.2. The molecule has 128 valence electrons. The van der Waals surface area contributed by atoms with Crippen molar-refractivity contribution >= 4 is 5.91 Å². The van der Waals surface area contributed by atoms with Crippen LogP contribution in [-0.4, -0.2) is 29.8 Å². The smallest absolute Gasteiger partial charge is 0.258 e. The molecular formula is C19H29NO3. The molecule has 1 aromatic carbocycles. The minimum Gasteiger partial charge on any atom is -0.484 e. The van der Waals surface area contributed by atoms with Gasteiger partial charge in [-0.1, -0.05) is 26.0 Å². The van der Waals surface area contributed by atoms with E-state index < -0.39 is 0 Å². The fourth-order valence-electron chi connectivity index (χ4n) is 3.14. The van der Waals surface area contributed by atoms with Crippen LogP contribution in [0.3, 0.4) is 0 Å². The second kappa shape index (κ2) is 6.52. The average Bonchev–Trinajstić information content (AvgIpc) is 2.64. The van der Waals surface area contributed by atoms with Crippen molar-refractivity contribution in [1.82, 2.24) is 5.32 Å². The Morgan fingerprint density at radius 3 is 2.61 bits per heavy atom. The zero-order chi connectivity index (χ0) is 17.3. The van der Waals surface area contributed by atoms with Crippen LogP contribution in [0.5, 0.6) is 5.75 Å². The SMILES string of the molecule is CC(C)c1cccc(OCC(=O)NC2CC(C)(C)OC2(C)C)c1. The first-order valence-corrected chi connectivity index (χ1v) is 8.31. The molecule has 1 heterocycles. The molecule has 0 bridgehead atoms. The van der Waals surface area contributed by atoms with Crippen molar-refractivity contribution in [1.29, 1.82) is 0 Å². The number of carbonyl (C=O) groups excluding carboxylic acids is 1. The van der Waals surface area contributed by atoms with E-state index in [1.54, 1.807) is 0 Å². The Kier molecular flexibility index (Phi) is 5.04. The van der Waals surface area contributed by atoms with Gasteiger partial charge in [0.25, 0.3) is 5.91 Å². The Hall–Kier alpha value is -1.55. The third-order valence-electron chi connectivity index (χ3n) is 4.30. The third kappa shape index (κ3) is 4.71. The van der Waals surface area contributed by atoms with E-state index in [0.717, 1.165) is 12.2 Å². The van der Waals surface area contributed by atoms with Crippen LogP contribution in [0, 0.1) is 0 Å². The number of nitrogens with one attached hydrogen (secondary N) is 1. The molecule has 0 radical (unpaired) electrons. The molecule has 4 heteroatoms. The number of rotatable bonds is 5. The summed E-state index contributed by atoms with van der Waals surface area (Å²) in [5.74, 6) is 1.05. The number of carbonyl (C=O) groups is 1. The lowest BCUT2D eigenvalue weighted by Gasteiger charge is -2.27. The summed E-state index contributed by atoms with van der Waals surface area (Å²) in [6.07, 6.45) is 0.800. The highest BCUT2D eigenvalue weighted by molar-refractivity contribution is 5.78. The van der Waals surface area contributed by atoms with E-state index >= 15 is 0 Å². The molecule has 1 aromatic rings. The van der Waals surface area contributed by atoms with Gasteiger partial charge in [-0.15, -0.1) is 0 Å². The van der Waals surface area contributed by atoms with Crippen molar-refractivity contribution in [2.75, 3.05) is 6.61 Å². The lowest BCUT2D eigenvalue weighted by molar-refractivity contribution is -0.125. The maximum Gasteiger partial charge on any atom is 0.258 e. The second-order valence-corrected chi connectivity index (χ2v) is 7.81. The van der Waals surface area contributed by atoms with Crippen LogP contribution in [0.4, 0.5) is 0 Å². The Bertz CT molecular complexity index is 563. The van der Waals surface area contributed by atoms with Gasteiger partial charge >= 0.3 is 0 Å². The molecule has 23 heavy (non-hydrogen) atoms. The van der Waals surface area contributed by atoms with E-state index in [1.165, 1.54) is 5.56 Å². The van der Waals surface area contributed by atoms with Gasteiger partial charge in [0.2, 0.25) is 0 Å². The monoisotopic (exact) mass is 319 g/mol. The van der Waals surface area contributed by atoms with E-state index in [0.29, 0.717) is 5.92 Å². The van der Waals surface area contributed by atoms with E-state index in [9.17, 15) is 4.79 Å². The Morgan fingerprint density at radius 1 is 1.35 bits per heavy atom. The minimum atomic E-state index is -0.364. The molecule has 2 rings (SSSR count). The summed E-state index contributed by atoms with van der Waals surface area (Å²) in [7, 11) is 0. The van der Waals surface area contributed by atoms with Gasteiger partial charge in [-0.2, -0.15) is 0 Å². The normalized spacial score (nSPS) is 22.1. The van der Waals surface area contributed by atoms with Gasteiger partial charge in [0, 0.05) is 0 Å². The predicted octanol–water partition coefficient (Wildman–Crippen LogP) is 3.65. The molecule has 0 spiro atoms. The molecule has 0 aliphatic carbocycles. The second-order valence-electron chi connectivity index (χ2n) is 7.81. The maximum atomic E-state index is 12.2. The van der Waals surface area contributed by atoms with Crippen LogP contribution in [0.2, 0.25) is 0 Å². The standard InChI is InChI=1S/C19H29NO3/c1-13(2)14-8-7-9-15(10-14)22-12-17(21)20-16-11-18(3,4)23-19(16,5)6/h7-10,13,16H,11-12H2,1-6H3,(H,20,21). The molecule has 1 fully saturated rings. The van der Waals surface area contributed by atoms with Crippen molar-refractivity contribution < 1.29 is 14.3 Å². The van der Waals surface area contributed by atoms with E-state index in [4.69, 9.17) is 9.47 Å². The summed E-state index contributed by atoms with van der Waals surface area (Å²) < 4.78 is 11.6. The van der Waals surface area contributed by atoms with Gasteiger partial charge in [0.15, 0.2) is 6.61 Å². The van der Waals surface area contributed by atoms with Crippen LogP contribution >= 0.6 is 0 Å². The molecule has 1 atom stereocenters. The van der Waals surface area contributed by atoms with Crippen molar-refractivity contribution in [2.24, 2.45) is 0 Å². The highest BCUT2D eigenvalue weighted by atomic mass is 16.5. The Labute approximate surface area is 139 Å². The average molecular weight is 319 g/mol. The molecule has 4 nitrogen and oxygen atoms in total. The van der Waals surface area contributed by atoms with E-state index in [2.05, 4.69) is 39.1 Å². The number of benzene rings is 1. The van der Waals surface area contributed by atoms with Crippen molar-refractivity contribution in [3.05, 3.63) is 29.8 Å². The fourth-order valence-corrected chi connectivity index (χ4v) is 3.14. The summed E-state index contributed by atoms with van der Waals surface area (Å²) in [5, 5.41) is 3.04. The summed E-state index contributed by atoms with van der Waals surface area (Å²) in [6, 6.07) is 7.89. The highest BCUT2D eigenvalue weighted by Crippen LogP contribution is 2.37. The zero-order valence-corrected chi connectivity index (χ0v) is 15.1. The van der Waals surface area contributed by atoms with Crippen LogP contribution in [0.15, 0.2) is 24.3 Å². The van der Waals surface area contributed by atoms with Crippen LogP contribution < -0.4 is 10.1 Å². The van der Waals surface area contributed by atoms with Crippen LogP contribution in [0.1, 0.15) is 59.4 Å². The lowest BCUT2D eigenvalue weighted by atomic mass is 9.94. The Morgan fingerprint density at radius 2 is 2.04 bits per heavy atom. The minimum absolute atomic E-state index is 0.00408. The van der Waals surface area contributed by atoms with Crippen LogP contribution in [-0.2, 0) is 9.53 Å². The first kappa shape index (κ1) is 17.8. The van der Waals surface area contributed by atoms with Crippen molar-refractivity contribution in [3.63, 3.8) is 0 Å². The number of ether oxygens (including phenoxy) is 2. The third-order valence-corrected chi connectivity index (χ3v) is 4.30. The number of amides is 1. The molecule has 1 aliphatic rings. The van der Waals surface area contributed by atoms with Crippen LogP contribution in [0.25, 0.3) is 0 Å². The first-order chi connectivity index (χ1) is 10.6. The maximum absolute atomic E-state index is 12.2. The lowest BCUT2D eigenvalue weighted by Crippen LogP contribution is -2.47. The van der Waals surface area contributed by atoms with Gasteiger partial charge in [-0.25, -0.2) is 0 Å². The highest BCUT2D eigenvalue weighted by Gasteiger charge is 2.46. The number of hydrogen-bond donors (Lipinski definition) is 1. The first-order valence-electron chi connectivity index (χ1n) is 8.31. The van der Waals surface area contributed by atoms with Gasteiger partial charge in [-0.3, -0.25) is 4.79 Å². The van der Waals surface area contributed by atoms with Crippen molar-refractivity contribution in [2.45, 2.75) is 71.1 Å². The topological polar surface area (TPSA) is 47.6 Å². The van der Waals surface area contributed by atoms with Gasteiger partial charge in [0.05, 0.1) is 17.2 Å². The summed E-state index contributed by atoms with van der Waals surface area (Å²) in [5.41, 5.74) is 0.625. The summed E-state index contributed by atoms with van der Waals surface area (Å²) >= 11 is 0. The van der Waals surface area contributed by atoms with E-state index in [-0.39, 0.29) is 29.8 Å². The Balaban J connectivity index is 1.90. The molecule has 1 unspecified atom stereocenters.